The Morgan fingerprint density at radius 3 is 3.00 bits per heavy atom. The average molecular weight is 272 g/mol. The highest BCUT2D eigenvalue weighted by Crippen LogP contribution is 2.27. The summed E-state index contributed by atoms with van der Waals surface area (Å²) in [6, 6.07) is 10.7. The van der Waals surface area contributed by atoms with Gasteiger partial charge >= 0.3 is 0 Å². The van der Waals surface area contributed by atoms with Crippen LogP contribution in [0.2, 0.25) is 0 Å². The lowest BCUT2D eigenvalue weighted by Crippen LogP contribution is -2.34. The van der Waals surface area contributed by atoms with Gasteiger partial charge in [-0.15, -0.1) is 0 Å². The van der Waals surface area contributed by atoms with Gasteiger partial charge in [-0.3, -0.25) is 4.79 Å². The van der Waals surface area contributed by atoms with Gasteiger partial charge in [-0.25, -0.2) is 4.98 Å². The molecule has 0 spiro atoms. The smallest absolute Gasteiger partial charge is 0.256 e. The fourth-order valence-electron chi connectivity index (χ4n) is 2.22. The van der Waals surface area contributed by atoms with Gasteiger partial charge in [0.15, 0.2) is 0 Å². The van der Waals surface area contributed by atoms with Gasteiger partial charge in [-0.1, -0.05) is 18.2 Å². The van der Waals surface area contributed by atoms with Crippen LogP contribution in [0, 0.1) is 5.95 Å². The SMILES string of the molecule is O=C(NCC1Cc2ccccc2O1)c1cccnc1F. The third-order valence-electron chi connectivity index (χ3n) is 3.21. The van der Waals surface area contributed by atoms with Crippen LogP contribution < -0.4 is 10.1 Å². The molecule has 5 heteroatoms. The molecule has 1 aromatic heterocycles. The summed E-state index contributed by atoms with van der Waals surface area (Å²) in [5.74, 6) is -0.393. The number of hydrogen-bond donors (Lipinski definition) is 1. The zero-order chi connectivity index (χ0) is 13.9. The van der Waals surface area contributed by atoms with Crippen LogP contribution in [0.5, 0.6) is 5.75 Å². The van der Waals surface area contributed by atoms with E-state index in [9.17, 15) is 9.18 Å². The van der Waals surface area contributed by atoms with Crippen molar-refractivity contribution in [1.29, 1.82) is 0 Å². The number of pyridine rings is 1. The lowest BCUT2D eigenvalue weighted by Gasteiger charge is -2.12. The van der Waals surface area contributed by atoms with Crippen LogP contribution in [0.15, 0.2) is 42.6 Å². The van der Waals surface area contributed by atoms with Crippen molar-refractivity contribution in [3.05, 3.63) is 59.7 Å². The molecule has 2 aromatic rings. The number of nitrogens with zero attached hydrogens (tertiary/aromatic N) is 1. The molecule has 1 unspecified atom stereocenters. The lowest BCUT2D eigenvalue weighted by atomic mass is 10.1. The maximum Gasteiger partial charge on any atom is 0.256 e. The molecule has 1 aliphatic heterocycles. The third-order valence-corrected chi connectivity index (χ3v) is 3.21. The molecule has 0 bridgehead atoms. The van der Waals surface area contributed by atoms with Gasteiger partial charge in [0.2, 0.25) is 5.95 Å². The van der Waals surface area contributed by atoms with Crippen molar-refractivity contribution in [2.45, 2.75) is 12.5 Å². The Balaban J connectivity index is 1.59. The number of carbonyl (C=O) groups excluding carboxylic acids is 1. The molecule has 1 atom stereocenters. The van der Waals surface area contributed by atoms with E-state index in [1.54, 1.807) is 0 Å². The Kier molecular flexibility index (Phi) is 3.33. The van der Waals surface area contributed by atoms with E-state index in [4.69, 9.17) is 4.74 Å². The first-order chi connectivity index (χ1) is 9.74. The first kappa shape index (κ1) is 12.6. The van der Waals surface area contributed by atoms with Crippen molar-refractivity contribution in [2.75, 3.05) is 6.54 Å². The van der Waals surface area contributed by atoms with Crippen LogP contribution in [0.4, 0.5) is 4.39 Å². The fourth-order valence-corrected chi connectivity index (χ4v) is 2.22. The highest BCUT2D eigenvalue weighted by Gasteiger charge is 2.23. The standard InChI is InChI=1S/C15H13FN2O2/c16-14-12(5-3-7-17-14)15(19)18-9-11-8-10-4-1-2-6-13(10)20-11/h1-7,11H,8-9H2,(H,18,19). The summed E-state index contributed by atoms with van der Waals surface area (Å²) in [7, 11) is 0. The van der Waals surface area contributed by atoms with Crippen molar-refractivity contribution in [3.8, 4) is 5.75 Å². The van der Waals surface area contributed by atoms with Crippen molar-refractivity contribution in [3.63, 3.8) is 0 Å². The minimum atomic E-state index is -0.763. The van der Waals surface area contributed by atoms with Gasteiger partial charge in [0, 0.05) is 12.6 Å². The maximum absolute atomic E-state index is 13.4. The Bertz CT molecular complexity index is 620. The Morgan fingerprint density at radius 2 is 2.20 bits per heavy atom. The number of carbonyl (C=O) groups is 1. The number of para-hydroxylation sites is 1. The first-order valence-electron chi connectivity index (χ1n) is 6.37. The second kappa shape index (κ2) is 5.28. The summed E-state index contributed by atoms with van der Waals surface area (Å²) >= 11 is 0. The lowest BCUT2D eigenvalue weighted by molar-refractivity contribution is 0.0928. The van der Waals surface area contributed by atoms with E-state index in [0.717, 1.165) is 17.7 Å². The second-order valence-corrected chi connectivity index (χ2v) is 4.60. The highest BCUT2D eigenvalue weighted by molar-refractivity contribution is 5.94. The molecule has 1 aromatic carbocycles. The molecule has 1 N–H and O–H groups in total. The molecule has 1 amide bonds. The van der Waals surface area contributed by atoms with E-state index >= 15 is 0 Å². The second-order valence-electron chi connectivity index (χ2n) is 4.60. The van der Waals surface area contributed by atoms with Crippen LogP contribution in [0.3, 0.4) is 0 Å². The number of aromatic nitrogens is 1. The van der Waals surface area contributed by atoms with Gasteiger partial charge in [0.1, 0.15) is 11.9 Å². The van der Waals surface area contributed by atoms with Crippen molar-refractivity contribution in [1.82, 2.24) is 10.3 Å². The largest absolute Gasteiger partial charge is 0.488 e. The number of rotatable bonds is 3. The summed E-state index contributed by atoms with van der Waals surface area (Å²) in [5, 5.41) is 2.67. The number of halogens is 1. The highest BCUT2D eigenvalue weighted by atomic mass is 19.1. The van der Waals surface area contributed by atoms with Crippen LogP contribution in [-0.4, -0.2) is 23.5 Å². The first-order valence-corrected chi connectivity index (χ1v) is 6.37. The number of nitrogens with one attached hydrogen (secondary N) is 1. The van der Waals surface area contributed by atoms with E-state index in [0.29, 0.717) is 6.54 Å². The van der Waals surface area contributed by atoms with E-state index in [2.05, 4.69) is 10.3 Å². The monoisotopic (exact) mass is 272 g/mol. The Hall–Kier alpha value is -2.43. The van der Waals surface area contributed by atoms with Crippen LogP contribution >= 0.6 is 0 Å². The predicted molar refractivity (Wildman–Crippen MR) is 71.1 cm³/mol. The molecule has 20 heavy (non-hydrogen) atoms. The van der Waals surface area contributed by atoms with Crippen LogP contribution in [0.1, 0.15) is 15.9 Å². The molecule has 0 saturated heterocycles. The minimum absolute atomic E-state index is 0.0528. The number of ether oxygens (including phenoxy) is 1. The normalized spacial score (nSPS) is 16.4. The third kappa shape index (κ3) is 2.47. The van der Waals surface area contributed by atoms with Crippen molar-refractivity contribution >= 4 is 5.91 Å². The van der Waals surface area contributed by atoms with Crippen LogP contribution in [-0.2, 0) is 6.42 Å². The topological polar surface area (TPSA) is 51.2 Å². The van der Waals surface area contributed by atoms with E-state index in [1.165, 1.54) is 18.3 Å². The molecular weight excluding hydrogens is 259 g/mol. The summed E-state index contributed by atoms with van der Waals surface area (Å²) in [6.07, 6.45) is 1.94. The Labute approximate surface area is 115 Å². The molecule has 1 aliphatic rings. The van der Waals surface area contributed by atoms with E-state index in [1.807, 2.05) is 24.3 Å². The van der Waals surface area contributed by atoms with Crippen molar-refractivity contribution < 1.29 is 13.9 Å². The fraction of sp³-hybridized carbons (Fsp3) is 0.200. The molecule has 0 fully saturated rings. The Morgan fingerprint density at radius 1 is 1.35 bits per heavy atom. The van der Waals surface area contributed by atoms with Crippen molar-refractivity contribution in [2.24, 2.45) is 0 Å². The van der Waals surface area contributed by atoms with E-state index in [-0.39, 0.29) is 11.7 Å². The number of benzene rings is 1. The van der Waals surface area contributed by atoms with Gasteiger partial charge in [-0.05, 0) is 23.8 Å². The number of fused-ring (bicyclic) bond motifs is 1. The summed E-state index contributed by atoms with van der Waals surface area (Å²) in [6.45, 7) is 0.335. The summed E-state index contributed by atoms with van der Waals surface area (Å²) in [4.78, 5) is 15.3. The van der Waals surface area contributed by atoms with Gasteiger partial charge < -0.3 is 10.1 Å². The van der Waals surface area contributed by atoms with Gasteiger partial charge in [0.25, 0.3) is 5.91 Å². The molecule has 0 aliphatic carbocycles. The number of amides is 1. The molecular formula is C15H13FN2O2. The zero-order valence-electron chi connectivity index (χ0n) is 10.7. The summed E-state index contributed by atoms with van der Waals surface area (Å²) in [5.41, 5.74) is 1.07. The predicted octanol–water partition coefficient (Wildman–Crippen LogP) is 1.95. The molecule has 0 saturated carbocycles. The maximum atomic E-state index is 13.4. The molecule has 2 heterocycles. The minimum Gasteiger partial charge on any atom is -0.488 e. The van der Waals surface area contributed by atoms with Crippen LogP contribution in [0.25, 0.3) is 0 Å². The van der Waals surface area contributed by atoms with Gasteiger partial charge in [-0.2, -0.15) is 4.39 Å². The quantitative estimate of drug-likeness (QED) is 0.869. The van der Waals surface area contributed by atoms with E-state index < -0.39 is 11.9 Å². The molecule has 0 radical (unpaired) electrons. The molecule has 102 valence electrons. The average Bonchev–Trinajstić information content (AvgIpc) is 2.88. The molecule has 4 nitrogen and oxygen atoms in total. The summed E-state index contributed by atoms with van der Waals surface area (Å²) < 4.78 is 19.1. The number of hydrogen-bond acceptors (Lipinski definition) is 3. The molecule has 3 rings (SSSR count). The van der Waals surface area contributed by atoms with Gasteiger partial charge in [0.05, 0.1) is 12.1 Å². The zero-order valence-corrected chi connectivity index (χ0v) is 10.7.